The third-order valence-corrected chi connectivity index (χ3v) is 4.42. The Morgan fingerprint density at radius 2 is 2.05 bits per heavy atom. The van der Waals surface area contributed by atoms with Gasteiger partial charge in [-0.1, -0.05) is 18.2 Å². The Labute approximate surface area is 125 Å². The second kappa shape index (κ2) is 6.41. The molecule has 1 aliphatic heterocycles. The Bertz CT molecular complexity index is 583. The molecular formula is C17H23N3O. The number of hydrogen-bond donors (Lipinski definition) is 2. The van der Waals surface area contributed by atoms with E-state index in [1.807, 2.05) is 12.3 Å². The van der Waals surface area contributed by atoms with E-state index in [1.54, 1.807) is 7.11 Å². The molecule has 112 valence electrons. The van der Waals surface area contributed by atoms with Crippen LogP contribution in [0.4, 0.5) is 5.69 Å². The van der Waals surface area contributed by atoms with Crippen molar-refractivity contribution >= 4 is 16.6 Å². The lowest BCUT2D eigenvalue weighted by Gasteiger charge is -2.37. The molecule has 4 heteroatoms. The van der Waals surface area contributed by atoms with Gasteiger partial charge in [0.2, 0.25) is 0 Å². The van der Waals surface area contributed by atoms with Crippen molar-refractivity contribution in [1.29, 1.82) is 0 Å². The minimum atomic E-state index is 0.227. The lowest BCUT2D eigenvalue weighted by molar-refractivity contribution is 0.0636. The summed E-state index contributed by atoms with van der Waals surface area (Å²) in [6.07, 6.45) is 4.17. The maximum atomic E-state index is 5.48. The van der Waals surface area contributed by atoms with Crippen LogP contribution in [-0.2, 0) is 4.74 Å². The van der Waals surface area contributed by atoms with Crippen LogP contribution in [-0.4, -0.2) is 38.3 Å². The van der Waals surface area contributed by atoms with Crippen molar-refractivity contribution in [3.05, 3.63) is 36.5 Å². The fourth-order valence-electron chi connectivity index (χ4n) is 3.17. The molecule has 2 aromatic rings. The number of anilines is 1. The molecule has 4 nitrogen and oxygen atoms in total. The van der Waals surface area contributed by atoms with Gasteiger partial charge in [0.1, 0.15) is 0 Å². The van der Waals surface area contributed by atoms with Crippen molar-refractivity contribution in [2.45, 2.75) is 12.8 Å². The number of rotatable bonds is 5. The van der Waals surface area contributed by atoms with Gasteiger partial charge >= 0.3 is 0 Å². The van der Waals surface area contributed by atoms with Crippen LogP contribution in [0, 0.1) is 5.41 Å². The molecule has 0 radical (unpaired) electrons. The molecule has 2 heterocycles. The van der Waals surface area contributed by atoms with Gasteiger partial charge in [-0.05, 0) is 38.1 Å². The highest BCUT2D eigenvalue weighted by Gasteiger charge is 2.31. The summed E-state index contributed by atoms with van der Waals surface area (Å²) < 4.78 is 5.48. The second-order valence-electron chi connectivity index (χ2n) is 5.91. The number of pyridine rings is 1. The number of nitrogens with one attached hydrogen (secondary N) is 2. The van der Waals surface area contributed by atoms with Gasteiger partial charge in [-0.15, -0.1) is 0 Å². The van der Waals surface area contributed by atoms with E-state index in [9.17, 15) is 0 Å². The number of ether oxygens (including phenoxy) is 1. The molecule has 1 saturated heterocycles. The molecule has 0 amide bonds. The Morgan fingerprint density at radius 3 is 2.86 bits per heavy atom. The van der Waals surface area contributed by atoms with E-state index in [1.165, 1.54) is 5.39 Å². The van der Waals surface area contributed by atoms with Gasteiger partial charge < -0.3 is 15.4 Å². The molecule has 0 atom stereocenters. The van der Waals surface area contributed by atoms with Crippen molar-refractivity contribution in [2.24, 2.45) is 5.41 Å². The van der Waals surface area contributed by atoms with Gasteiger partial charge in [0.15, 0.2) is 0 Å². The van der Waals surface area contributed by atoms with Crippen LogP contribution in [0.15, 0.2) is 36.5 Å². The first-order valence-electron chi connectivity index (χ1n) is 7.60. The number of methoxy groups -OCH3 is 1. The van der Waals surface area contributed by atoms with Gasteiger partial charge in [0.05, 0.1) is 12.1 Å². The third-order valence-electron chi connectivity index (χ3n) is 4.42. The summed E-state index contributed by atoms with van der Waals surface area (Å²) in [6.45, 7) is 3.89. The second-order valence-corrected chi connectivity index (χ2v) is 5.91. The number of aromatic nitrogens is 1. The molecule has 1 fully saturated rings. The van der Waals surface area contributed by atoms with Crippen molar-refractivity contribution < 1.29 is 4.74 Å². The van der Waals surface area contributed by atoms with Crippen molar-refractivity contribution in [3.63, 3.8) is 0 Å². The molecular weight excluding hydrogens is 262 g/mol. The van der Waals surface area contributed by atoms with Crippen molar-refractivity contribution in [2.75, 3.05) is 38.7 Å². The third kappa shape index (κ3) is 3.17. The molecule has 1 aliphatic rings. The standard InChI is InChI=1S/C17H23N3O/c1-21-13-17(7-10-18-11-8-17)12-20-16-6-9-19-15-5-3-2-4-14(15)16/h2-6,9,18H,7-8,10-13H2,1H3,(H,19,20). The van der Waals surface area contributed by atoms with Crippen LogP contribution >= 0.6 is 0 Å². The minimum Gasteiger partial charge on any atom is -0.384 e. The Hall–Kier alpha value is -1.65. The largest absolute Gasteiger partial charge is 0.384 e. The van der Waals surface area contributed by atoms with Crippen LogP contribution in [0.25, 0.3) is 10.9 Å². The molecule has 3 rings (SSSR count). The van der Waals surface area contributed by atoms with Crippen LogP contribution in [0.3, 0.4) is 0 Å². The molecule has 2 N–H and O–H groups in total. The van der Waals surface area contributed by atoms with E-state index in [-0.39, 0.29) is 5.41 Å². The molecule has 0 bridgehead atoms. The van der Waals surface area contributed by atoms with Crippen LogP contribution in [0.1, 0.15) is 12.8 Å². The number of nitrogens with zero attached hydrogens (tertiary/aromatic N) is 1. The predicted molar refractivity (Wildman–Crippen MR) is 86.6 cm³/mol. The van der Waals surface area contributed by atoms with E-state index in [0.29, 0.717) is 0 Å². The highest BCUT2D eigenvalue weighted by molar-refractivity contribution is 5.90. The topological polar surface area (TPSA) is 46.2 Å². The van der Waals surface area contributed by atoms with Gasteiger partial charge in [0, 0.05) is 36.3 Å². The van der Waals surface area contributed by atoms with Gasteiger partial charge in [0.25, 0.3) is 0 Å². The van der Waals surface area contributed by atoms with Crippen LogP contribution < -0.4 is 10.6 Å². The first-order valence-corrected chi connectivity index (χ1v) is 7.60. The summed E-state index contributed by atoms with van der Waals surface area (Å²) in [5.41, 5.74) is 2.42. The highest BCUT2D eigenvalue weighted by atomic mass is 16.5. The Balaban J connectivity index is 1.78. The van der Waals surface area contributed by atoms with E-state index in [0.717, 1.165) is 50.3 Å². The van der Waals surface area contributed by atoms with Gasteiger partial charge in [-0.2, -0.15) is 0 Å². The highest BCUT2D eigenvalue weighted by Crippen LogP contribution is 2.30. The summed E-state index contributed by atoms with van der Waals surface area (Å²) in [7, 11) is 1.80. The molecule has 0 unspecified atom stereocenters. The van der Waals surface area contributed by atoms with Crippen LogP contribution in [0.5, 0.6) is 0 Å². The van der Waals surface area contributed by atoms with Gasteiger partial charge in [-0.3, -0.25) is 4.98 Å². The maximum absolute atomic E-state index is 5.48. The van der Waals surface area contributed by atoms with Crippen molar-refractivity contribution in [1.82, 2.24) is 10.3 Å². The number of piperidine rings is 1. The molecule has 1 aromatic heterocycles. The van der Waals surface area contributed by atoms with E-state index in [4.69, 9.17) is 4.74 Å². The quantitative estimate of drug-likeness (QED) is 0.886. The normalized spacial score (nSPS) is 17.8. The summed E-state index contributed by atoms with van der Waals surface area (Å²) in [5.74, 6) is 0. The Morgan fingerprint density at radius 1 is 1.24 bits per heavy atom. The molecule has 21 heavy (non-hydrogen) atoms. The van der Waals surface area contributed by atoms with E-state index >= 15 is 0 Å². The minimum absolute atomic E-state index is 0.227. The fraction of sp³-hybridized carbons (Fsp3) is 0.471. The first-order chi connectivity index (χ1) is 10.3. The zero-order chi connectivity index (χ0) is 14.5. The van der Waals surface area contributed by atoms with Gasteiger partial charge in [-0.25, -0.2) is 0 Å². The summed E-state index contributed by atoms with van der Waals surface area (Å²) in [4.78, 5) is 4.42. The van der Waals surface area contributed by atoms with E-state index < -0.39 is 0 Å². The molecule has 1 aromatic carbocycles. The maximum Gasteiger partial charge on any atom is 0.0722 e. The number of hydrogen-bond acceptors (Lipinski definition) is 4. The lowest BCUT2D eigenvalue weighted by Crippen LogP contribution is -2.44. The first kappa shape index (κ1) is 14.3. The Kier molecular flexibility index (Phi) is 4.36. The van der Waals surface area contributed by atoms with Crippen LogP contribution in [0.2, 0.25) is 0 Å². The summed E-state index contributed by atoms with van der Waals surface area (Å²) in [6, 6.07) is 10.3. The average Bonchev–Trinajstić information content (AvgIpc) is 2.54. The fourth-order valence-corrected chi connectivity index (χ4v) is 3.17. The molecule has 0 spiro atoms. The zero-order valence-electron chi connectivity index (χ0n) is 12.6. The van der Waals surface area contributed by atoms with E-state index in [2.05, 4.69) is 39.9 Å². The monoisotopic (exact) mass is 285 g/mol. The SMILES string of the molecule is COCC1(CNc2ccnc3ccccc23)CCNCC1. The number of fused-ring (bicyclic) bond motifs is 1. The number of benzene rings is 1. The average molecular weight is 285 g/mol. The number of para-hydroxylation sites is 1. The zero-order valence-corrected chi connectivity index (χ0v) is 12.6. The molecule has 0 saturated carbocycles. The lowest BCUT2D eigenvalue weighted by atomic mass is 9.79. The predicted octanol–water partition coefficient (Wildman–Crippen LogP) is 2.66. The smallest absolute Gasteiger partial charge is 0.0722 e. The van der Waals surface area contributed by atoms with Crippen molar-refractivity contribution in [3.8, 4) is 0 Å². The molecule has 0 aliphatic carbocycles. The summed E-state index contributed by atoms with van der Waals surface area (Å²) in [5, 5.41) is 8.25. The summed E-state index contributed by atoms with van der Waals surface area (Å²) >= 11 is 0.